The van der Waals surface area contributed by atoms with Gasteiger partial charge in [-0.25, -0.2) is 0 Å². The normalized spacial score (nSPS) is 28.7. The molecule has 2 fully saturated rings. The average Bonchev–Trinajstić information content (AvgIpc) is 2.77. The molecule has 0 unspecified atom stereocenters. The lowest BCUT2D eigenvalue weighted by Gasteiger charge is -2.27. The van der Waals surface area contributed by atoms with Gasteiger partial charge in [-0.1, -0.05) is 17.7 Å². The van der Waals surface area contributed by atoms with Crippen LogP contribution in [-0.2, 0) is 14.4 Å². The van der Waals surface area contributed by atoms with Gasteiger partial charge in [0.1, 0.15) is 0 Å². The molecule has 2 aliphatic heterocycles. The van der Waals surface area contributed by atoms with E-state index in [0.717, 1.165) is 25.9 Å². The first kappa shape index (κ1) is 15.5. The minimum Gasteiger partial charge on any atom is -0.343 e. The minimum atomic E-state index is -0.324. The first-order valence-corrected chi connectivity index (χ1v) is 8.43. The number of rotatable bonds is 3. The Balaban J connectivity index is 1.58. The van der Waals surface area contributed by atoms with Crippen LogP contribution >= 0.6 is 11.6 Å². The maximum absolute atomic E-state index is 12.4. The number of nitrogens with zero attached hydrogens (tertiary/aromatic N) is 2. The third-order valence-corrected chi connectivity index (χ3v) is 5.23. The predicted octanol–water partition coefficient (Wildman–Crippen LogP) is 1.91. The summed E-state index contributed by atoms with van der Waals surface area (Å²) in [5, 5.41) is 0.661. The van der Waals surface area contributed by atoms with Crippen LogP contribution in [0.4, 0.5) is 0 Å². The summed E-state index contributed by atoms with van der Waals surface area (Å²) in [4.78, 5) is 40.0. The molecule has 5 nitrogen and oxygen atoms in total. The fourth-order valence-electron chi connectivity index (χ4n) is 3.63. The standard InChI is InChI=1S/C16H21ClN2O3/c17-11-4-5-12-13(10-11)16(22)19(15(12)21)9-6-14(20)18-7-2-1-3-8-18/h4,12-13H,1-3,5-10H2/t12-,13-/m0/s1. The summed E-state index contributed by atoms with van der Waals surface area (Å²) in [6.07, 6.45) is 6.31. The van der Waals surface area contributed by atoms with Gasteiger partial charge in [0, 0.05) is 31.1 Å². The molecule has 0 radical (unpaired) electrons. The lowest BCUT2D eigenvalue weighted by Crippen LogP contribution is -2.39. The number of hydrogen-bond donors (Lipinski definition) is 0. The molecule has 120 valence electrons. The van der Waals surface area contributed by atoms with Crippen molar-refractivity contribution in [2.75, 3.05) is 19.6 Å². The number of carbonyl (C=O) groups excluding carboxylic acids is 3. The van der Waals surface area contributed by atoms with E-state index in [4.69, 9.17) is 11.6 Å². The second-order valence-electron chi connectivity index (χ2n) is 6.32. The van der Waals surface area contributed by atoms with Crippen LogP contribution in [0.3, 0.4) is 0 Å². The first-order chi connectivity index (χ1) is 10.6. The molecule has 0 bridgehead atoms. The number of likely N-dealkylation sites (tertiary alicyclic amines) is 2. The van der Waals surface area contributed by atoms with Gasteiger partial charge in [0.15, 0.2) is 0 Å². The van der Waals surface area contributed by atoms with E-state index in [-0.39, 0.29) is 42.5 Å². The number of halogens is 1. The topological polar surface area (TPSA) is 57.7 Å². The highest BCUT2D eigenvalue weighted by Gasteiger charge is 2.48. The molecule has 2 atom stereocenters. The van der Waals surface area contributed by atoms with Gasteiger partial charge in [-0.15, -0.1) is 0 Å². The van der Waals surface area contributed by atoms with E-state index in [0.29, 0.717) is 17.9 Å². The molecule has 6 heteroatoms. The van der Waals surface area contributed by atoms with Crippen LogP contribution in [0.1, 0.15) is 38.5 Å². The zero-order valence-electron chi connectivity index (χ0n) is 12.6. The smallest absolute Gasteiger partial charge is 0.233 e. The molecule has 0 saturated carbocycles. The molecule has 3 amide bonds. The Bertz CT molecular complexity index is 525. The van der Waals surface area contributed by atoms with Gasteiger partial charge >= 0.3 is 0 Å². The summed E-state index contributed by atoms with van der Waals surface area (Å²) in [6, 6.07) is 0. The van der Waals surface area contributed by atoms with E-state index < -0.39 is 0 Å². The summed E-state index contributed by atoms with van der Waals surface area (Å²) in [6.45, 7) is 1.80. The quantitative estimate of drug-likeness (QED) is 0.745. The number of fused-ring (bicyclic) bond motifs is 1. The second kappa shape index (κ2) is 6.41. The highest BCUT2D eigenvalue weighted by molar-refractivity contribution is 6.30. The highest BCUT2D eigenvalue weighted by atomic mass is 35.5. The van der Waals surface area contributed by atoms with Gasteiger partial charge in [0.25, 0.3) is 0 Å². The van der Waals surface area contributed by atoms with E-state index >= 15 is 0 Å². The predicted molar refractivity (Wildman–Crippen MR) is 81.9 cm³/mol. The van der Waals surface area contributed by atoms with Crippen LogP contribution in [0.2, 0.25) is 0 Å². The molecule has 0 aromatic rings. The Hall–Kier alpha value is -1.36. The monoisotopic (exact) mass is 324 g/mol. The van der Waals surface area contributed by atoms with Gasteiger partial charge in [-0.2, -0.15) is 0 Å². The molecule has 22 heavy (non-hydrogen) atoms. The lowest BCUT2D eigenvalue weighted by molar-refractivity contribution is -0.141. The van der Waals surface area contributed by atoms with E-state index in [9.17, 15) is 14.4 Å². The third-order valence-electron chi connectivity index (χ3n) is 4.92. The highest BCUT2D eigenvalue weighted by Crippen LogP contribution is 2.38. The summed E-state index contributed by atoms with van der Waals surface area (Å²) in [5.41, 5.74) is 0. The molecule has 0 N–H and O–H groups in total. The molecule has 3 aliphatic rings. The van der Waals surface area contributed by atoms with Gasteiger partial charge in [0.05, 0.1) is 11.8 Å². The Kier molecular flexibility index (Phi) is 4.52. The second-order valence-corrected chi connectivity index (χ2v) is 6.81. The summed E-state index contributed by atoms with van der Waals surface area (Å²) in [7, 11) is 0. The van der Waals surface area contributed by atoms with Gasteiger partial charge in [-0.05, 0) is 32.1 Å². The maximum atomic E-state index is 12.4. The van der Waals surface area contributed by atoms with Gasteiger partial charge in [0.2, 0.25) is 17.7 Å². The van der Waals surface area contributed by atoms with Crippen molar-refractivity contribution >= 4 is 29.3 Å². The molecule has 0 aromatic heterocycles. The summed E-state index contributed by atoms with van der Waals surface area (Å²) < 4.78 is 0. The number of amides is 3. The Morgan fingerprint density at radius 1 is 1.14 bits per heavy atom. The number of imide groups is 1. The molecular formula is C16H21ClN2O3. The largest absolute Gasteiger partial charge is 0.343 e. The summed E-state index contributed by atoms with van der Waals surface area (Å²) >= 11 is 5.99. The molecule has 0 aromatic carbocycles. The zero-order valence-corrected chi connectivity index (χ0v) is 13.3. The van der Waals surface area contributed by atoms with Crippen LogP contribution < -0.4 is 0 Å². The van der Waals surface area contributed by atoms with E-state index in [1.807, 2.05) is 11.0 Å². The van der Waals surface area contributed by atoms with E-state index in [1.165, 1.54) is 11.3 Å². The number of piperidine rings is 1. The van der Waals surface area contributed by atoms with Crippen LogP contribution in [0.5, 0.6) is 0 Å². The Morgan fingerprint density at radius 3 is 2.55 bits per heavy atom. The molecular weight excluding hydrogens is 304 g/mol. The van der Waals surface area contributed by atoms with Crippen molar-refractivity contribution in [1.29, 1.82) is 0 Å². The number of hydrogen-bond acceptors (Lipinski definition) is 3. The average molecular weight is 325 g/mol. The molecule has 2 saturated heterocycles. The zero-order chi connectivity index (χ0) is 15.7. The van der Waals surface area contributed by atoms with Crippen LogP contribution in [0.15, 0.2) is 11.1 Å². The van der Waals surface area contributed by atoms with Gasteiger partial charge < -0.3 is 4.90 Å². The SMILES string of the molecule is O=C(CCN1C(=O)[C@H]2CC=C(Cl)C[C@@H]2C1=O)N1CCCCC1. The van der Waals surface area contributed by atoms with Crippen molar-refractivity contribution in [3.05, 3.63) is 11.1 Å². The fraction of sp³-hybridized carbons (Fsp3) is 0.688. The van der Waals surface area contributed by atoms with Crippen LogP contribution in [0.25, 0.3) is 0 Å². The van der Waals surface area contributed by atoms with Crippen LogP contribution in [-0.4, -0.2) is 47.2 Å². The van der Waals surface area contributed by atoms with Crippen molar-refractivity contribution < 1.29 is 14.4 Å². The van der Waals surface area contributed by atoms with E-state index in [1.54, 1.807) is 0 Å². The van der Waals surface area contributed by atoms with E-state index in [2.05, 4.69) is 0 Å². The first-order valence-electron chi connectivity index (χ1n) is 8.05. The Labute approximate surface area is 135 Å². The lowest BCUT2D eigenvalue weighted by atomic mass is 9.85. The van der Waals surface area contributed by atoms with Crippen molar-refractivity contribution in [2.45, 2.75) is 38.5 Å². The molecule has 3 rings (SSSR count). The fourth-order valence-corrected chi connectivity index (χ4v) is 3.88. The Morgan fingerprint density at radius 2 is 1.82 bits per heavy atom. The maximum Gasteiger partial charge on any atom is 0.233 e. The molecule has 1 aliphatic carbocycles. The number of allylic oxidation sites excluding steroid dienone is 2. The molecule has 0 spiro atoms. The van der Waals surface area contributed by atoms with Crippen LogP contribution in [0, 0.1) is 11.8 Å². The minimum absolute atomic E-state index is 0.0475. The number of carbonyl (C=O) groups is 3. The molecule has 2 heterocycles. The van der Waals surface area contributed by atoms with Crippen molar-refractivity contribution in [1.82, 2.24) is 9.80 Å². The third kappa shape index (κ3) is 2.91. The van der Waals surface area contributed by atoms with Gasteiger partial charge in [-0.3, -0.25) is 19.3 Å². The van der Waals surface area contributed by atoms with Crippen molar-refractivity contribution in [3.63, 3.8) is 0 Å². The van der Waals surface area contributed by atoms with Crippen molar-refractivity contribution in [2.24, 2.45) is 11.8 Å². The van der Waals surface area contributed by atoms with Crippen molar-refractivity contribution in [3.8, 4) is 0 Å². The summed E-state index contributed by atoms with van der Waals surface area (Å²) in [5.74, 6) is -0.851.